The molecule has 3 aromatic heterocycles. The molecule has 0 bridgehead atoms. The topological polar surface area (TPSA) is 43.6 Å². The van der Waals surface area contributed by atoms with Crippen LogP contribution < -0.4 is 0 Å². The lowest BCUT2D eigenvalue weighted by atomic mass is 10.0. The van der Waals surface area contributed by atoms with Crippen LogP contribution in [0.15, 0.2) is 194 Å². The van der Waals surface area contributed by atoms with Crippen LogP contribution in [0.2, 0.25) is 0 Å². The predicted octanol–water partition coefficient (Wildman–Crippen LogP) is 13.7. The molecule has 0 aliphatic rings. The first-order chi connectivity index (χ1) is 27.7. The first-order valence-corrected chi connectivity index (χ1v) is 19.6. The summed E-state index contributed by atoms with van der Waals surface area (Å²) in [5, 5.41) is 4.98. The lowest BCUT2D eigenvalue weighted by Crippen LogP contribution is -2.00. The predicted molar refractivity (Wildman–Crippen MR) is 234 cm³/mol. The molecule has 0 amide bonds. The van der Waals surface area contributed by atoms with E-state index in [-0.39, 0.29) is 0 Å². The Morgan fingerprint density at radius 3 is 1.61 bits per heavy atom. The van der Waals surface area contributed by atoms with Crippen molar-refractivity contribution in [2.45, 2.75) is 0 Å². The van der Waals surface area contributed by atoms with Gasteiger partial charge in [-0.15, -0.1) is 11.3 Å². The van der Waals surface area contributed by atoms with Gasteiger partial charge in [0, 0.05) is 53.3 Å². The number of rotatable bonds is 6. The van der Waals surface area contributed by atoms with Crippen LogP contribution in [0.25, 0.3) is 104 Å². The van der Waals surface area contributed by atoms with E-state index < -0.39 is 0 Å². The number of para-hydroxylation sites is 1. The molecule has 5 heteroatoms. The fraction of sp³-hybridized carbons (Fsp3) is 0. The highest BCUT2D eigenvalue weighted by atomic mass is 32.1. The summed E-state index contributed by atoms with van der Waals surface area (Å²) in [5.74, 6) is 1.90. The van der Waals surface area contributed by atoms with Crippen LogP contribution in [0, 0.1) is 0 Å². The number of fused-ring (bicyclic) bond motifs is 6. The van der Waals surface area contributed by atoms with Crippen molar-refractivity contribution in [3.8, 4) is 62.1 Å². The second-order valence-corrected chi connectivity index (χ2v) is 15.1. The number of thiophene rings is 1. The third-order valence-electron chi connectivity index (χ3n) is 10.6. The first kappa shape index (κ1) is 32.2. The number of aromatic nitrogens is 4. The van der Waals surface area contributed by atoms with Gasteiger partial charge in [0.25, 0.3) is 0 Å². The lowest BCUT2D eigenvalue weighted by Gasteiger charge is -2.11. The van der Waals surface area contributed by atoms with Crippen LogP contribution in [0.1, 0.15) is 0 Å². The van der Waals surface area contributed by atoms with Crippen molar-refractivity contribution in [2.75, 3.05) is 0 Å². The molecule has 0 saturated heterocycles. The minimum Gasteiger partial charge on any atom is -0.309 e. The van der Waals surface area contributed by atoms with Gasteiger partial charge in [-0.2, -0.15) is 0 Å². The van der Waals surface area contributed by atoms with Crippen molar-refractivity contribution in [3.05, 3.63) is 194 Å². The summed E-state index contributed by atoms with van der Waals surface area (Å²) in [6, 6.07) is 68.7. The van der Waals surface area contributed by atoms with Gasteiger partial charge >= 0.3 is 0 Å². The summed E-state index contributed by atoms with van der Waals surface area (Å²) in [6.45, 7) is 0. The Bertz CT molecular complexity index is 3240. The second-order valence-electron chi connectivity index (χ2n) is 14.1. The fourth-order valence-corrected chi connectivity index (χ4v) is 9.01. The average molecular weight is 733 g/mol. The second kappa shape index (κ2) is 13.3. The van der Waals surface area contributed by atoms with Crippen LogP contribution in [0.3, 0.4) is 0 Å². The average Bonchev–Trinajstić information content (AvgIpc) is 3.82. The van der Waals surface area contributed by atoms with E-state index in [1.54, 1.807) is 0 Å². The summed E-state index contributed by atoms with van der Waals surface area (Å²) in [6.07, 6.45) is 0. The van der Waals surface area contributed by atoms with Crippen LogP contribution in [-0.4, -0.2) is 19.5 Å². The molecule has 3 heterocycles. The van der Waals surface area contributed by atoms with E-state index in [1.807, 2.05) is 35.6 Å². The Balaban J connectivity index is 1.09. The summed E-state index contributed by atoms with van der Waals surface area (Å²) < 4.78 is 4.99. The fourth-order valence-electron chi connectivity index (χ4n) is 7.92. The van der Waals surface area contributed by atoms with Gasteiger partial charge in [0.2, 0.25) is 0 Å². The molecule has 0 aliphatic carbocycles. The summed E-state index contributed by atoms with van der Waals surface area (Å²) in [4.78, 5) is 15.3. The molecule has 11 aromatic rings. The molecule has 8 aromatic carbocycles. The van der Waals surface area contributed by atoms with E-state index >= 15 is 0 Å². The Morgan fingerprint density at radius 1 is 0.304 bits per heavy atom. The van der Waals surface area contributed by atoms with E-state index in [0.717, 1.165) is 44.5 Å². The molecule has 56 heavy (non-hydrogen) atoms. The van der Waals surface area contributed by atoms with Crippen LogP contribution in [-0.2, 0) is 0 Å². The van der Waals surface area contributed by atoms with E-state index in [9.17, 15) is 0 Å². The molecule has 0 spiro atoms. The van der Waals surface area contributed by atoms with Crippen molar-refractivity contribution in [1.82, 2.24) is 19.5 Å². The number of hydrogen-bond acceptors (Lipinski definition) is 4. The molecular formula is C51H32N4S. The van der Waals surface area contributed by atoms with Gasteiger partial charge in [-0.05, 0) is 76.9 Å². The van der Waals surface area contributed by atoms with Gasteiger partial charge in [0.1, 0.15) is 0 Å². The van der Waals surface area contributed by atoms with Crippen molar-refractivity contribution in [2.24, 2.45) is 0 Å². The molecule has 0 aliphatic heterocycles. The molecule has 11 rings (SSSR count). The molecule has 262 valence electrons. The van der Waals surface area contributed by atoms with E-state index in [4.69, 9.17) is 15.0 Å². The standard InChI is InChI=1S/C51H32N4S/c1-4-13-33(14-5-1)35-17-12-18-38(29-35)50-52-49(34-15-6-2-7-16-34)53-51(54-50)39-23-26-41-43-30-36(24-27-45(43)55(46(41)32-39)40-19-8-3-9-20-40)37-25-28-48-44(31-37)42-21-10-11-22-47(42)56-48/h1-32H. The zero-order valence-electron chi connectivity index (χ0n) is 30.2. The zero-order valence-corrected chi connectivity index (χ0v) is 31.0. The number of hydrogen-bond donors (Lipinski definition) is 0. The molecule has 0 radical (unpaired) electrons. The number of benzene rings is 8. The Hall–Kier alpha value is -7.21. The maximum Gasteiger partial charge on any atom is 0.164 e. The monoisotopic (exact) mass is 732 g/mol. The smallest absolute Gasteiger partial charge is 0.164 e. The quantitative estimate of drug-likeness (QED) is 0.171. The molecule has 0 atom stereocenters. The van der Waals surface area contributed by atoms with Gasteiger partial charge in [-0.1, -0.05) is 140 Å². The van der Waals surface area contributed by atoms with Crippen molar-refractivity contribution in [1.29, 1.82) is 0 Å². The maximum absolute atomic E-state index is 5.16. The highest BCUT2D eigenvalue weighted by Gasteiger charge is 2.18. The van der Waals surface area contributed by atoms with Crippen molar-refractivity contribution >= 4 is 53.3 Å². The van der Waals surface area contributed by atoms with Gasteiger partial charge in [-0.3, -0.25) is 0 Å². The molecule has 0 N–H and O–H groups in total. The van der Waals surface area contributed by atoms with Gasteiger partial charge in [-0.25, -0.2) is 15.0 Å². The molecule has 0 unspecified atom stereocenters. The van der Waals surface area contributed by atoms with Crippen molar-refractivity contribution < 1.29 is 0 Å². The zero-order chi connectivity index (χ0) is 37.0. The molecule has 0 saturated carbocycles. The first-order valence-electron chi connectivity index (χ1n) is 18.8. The van der Waals surface area contributed by atoms with Crippen LogP contribution in [0.5, 0.6) is 0 Å². The minimum absolute atomic E-state index is 0.628. The number of nitrogens with zero attached hydrogens (tertiary/aromatic N) is 4. The molecule has 4 nitrogen and oxygen atoms in total. The largest absolute Gasteiger partial charge is 0.309 e. The van der Waals surface area contributed by atoms with Crippen LogP contribution in [0.4, 0.5) is 0 Å². The third-order valence-corrected chi connectivity index (χ3v) is 11.8. The maximum atomic E-state index is 5.16. The summed E-state index contributed by atoms with van der Waals surface area (Å²) in [5.41, 5.74) is 10.8. The minimum atomic E-state index is 0.628. The van der Waals surface area contributed by atoms with Gasteiger partial charge in [0.15, 0.2) is 17.5 Å². The van der Waals surface area contributed by atoms with E-state index in [1.165, 1.54) is 42.1 Å². The van der Waals surface area contributed by atoms with Crippen molar-refractivity contribution in [3.63, 3.8) is 0 Å². The van der Waals surface area contributed by atoms with Crippen LogP contribution >= 0.6 is 11.3 Å². The van der Waals surface area contributed by atoms with Gasteiger partial charge in [0.05, 0.1) is 11.0 Å². The summed E-state index contributed by atoms with van der Waals surface area (Å²) in [7, 11) is 0. The van der Waals surface area contributed by atoms with E-state index in [2.05, 4.69) is 174 Å². The SMILES string of the molecule is c1ccc(-c2cccc(-c3nc(-c4ccccc4)nc(-c4ccc5c6cc(-c7ccc8sc9ccccc9c8c7)ccc6n(-c6ccccc6)c5c4)n3)c2)cc1. The Morgan fingerprint density at radius 2 is 0.839 bits per heavy atom. The van der Waals surface area contributed by atoms with E-state index in [0.29, 0.717) is 17.5 Å². The highest BCUT2D eigenvalue weighted by molar-refractivity contribution is 7.25. The Labute approximate surface area is 327 Å². The summed E-state index contributed by atoms with van der Waals surface area (Å²) >= 11 is 1.85. The third kappa shape index (κ3) is 5.56. The lowest BCUT2D eigenvalue weighted by molar-refractivity contribution is 1.07. The molecule has 0 fully saturated rings. The highest BCUT2D eigenvalue weighted by Crippen LogP contribution is 2.40. The Kier molecular flexibility index (Phi) is 7.64. The molecular weight excluding hydrogens is 701 g/mol. The van der Waals surface area contributed by atoms with Gasteiger partial charge < -0.3 is 4.57 Å². The normalized spacial score (nSPS) is 11.6.